The van der Waals surface area contributed by atoms with Gasteiger partial charge in [0.25, 0.3) is 0 Å². The molecule has 0 aromatic heterocycles. The van der Waals surface area contributed by atoms with Gasteiger partial charge in [0, 0.05) is 18.7 Å². The summed E-state index contributed by atoms with van der Waals surface area (Å²) in [6.45, 7) is 15.2. The van der Waals surface area contributed by atoms with Crippen LogP contribution in [0.1, 0.15) is 72.4 Å². The van der Waals surface area contributed by atoms with Gasteiger partial charge >= 0.3 is 6.09 Å². The molecule has 1 aromatic carbocycles. The largest absolute Gasteiger partial charge is 0.508 e. The van der Waals surface area contributed by atoms with E-state index in [-0.39, 0.29) is 18.2 Å². The summed E-state index contributed by atoms with van der Waals surface area (Å²) in [5.41, 5.74) is -0.433. The maximum absolute atomic E-state index is 13.8. The summed E-state index contributed by atoms with van der Waals surface area (Å²) in [4.78, 5) is 41.0. The lowest BCUT2D eigenvalue weighted by molar-refractivity contribution is -0.142. The first kappa shape index (κ1) is 29.0. The molecule has 3 N–H and O–H groups in total. The van der Waals surface area contributed by atoms with Crippen LogP contribution in [0.5, 0.6) is 5.75 Å². The van der Waals surface area contributed by atoms with Crippen molar-refractivity contribution in [3.8, 4) is 5.75 Å². The van der Waals surface area contributed by atoms with Crippen molar-refractivity contribution >= 4 is 17.9 Å². The lowest BCUT2D eigenvalue weighted by Crippen LogP contribution is -2.55. The molecule has 0 saturated heterocycles. The molecule has 0 saturated carbocycles. The third kappa shape index (κ3) is 8.72. The zero-order chi connectivity index (χ0) is 25.9. The Morgan fingerprint density at radius 1 is 1.21 bits per heavy atom. The Bertz CT molecular complexity index is 834. The molecule has 3 amide bonds. The molecule has 0 bridgehead atoms. The van der Waals surface area contributed by atoms with Gasteiger partial charge in [-0.2, -0.15) is 0 Å². The fourth-order valence-corrected chi connectivity index (χ4v) is 3.41. The first-order chi connectivity index (χ1) is 16.0. The Morgan fingerprint density at radius 3 is 2.38 bits per heavy atom. The smallest absolute Gasteiger partial charge is 0.408 e. The number of phenolic OH excluding ortho intramolecular Hbond substituents is 1. The fourth-order valence-electron chi connectivity index (χ4n) is 3.41. The molecule has 0 aliphatic rings. The van der Waals surface area contributed by atoms with Crippen molar-refractivity contribution in [1.29, 1.82) is 0 Å². The number of nitrogens with one attached hydrogen (secondary N) is 2. The van der Waals surface area contributed by atoms with Crippen molar-refractivity contribution in [2.24, 2.45) is 5.92 Å². The number of para-hydroxylation sites is 1. The first-order valence-corrected chi connectivity index (χ1v) is 11.9. The second-order valence-electron chi connectivity index (χ2n) is 9.39. The van der Waals surface area contributed by atoms with Gasteiger partial charge in [0.05, 0.1) is 0 Å². The lowest BCUT2D eigenvalue weighted by atomic mass is 9.95. The number of ether oxygens (including phenoxy) is 1. The molecule has 190 valence electrons. The van der Waals surface area contributed by atoms with E-state index in [0.29, 0.717) is 18.5 Å². The fraction of sp³-hybridized carbons (Fsp3) is 0.577. The number of rotatable bonds is 12. The van der Waals surface area contributed by atoms with Crippen LogP contribution in [0.2, 0.25) is 0 Å². The molecule has 1 rings (SSSR count). The van der Waals surface area contributed by atoms with E-state index in [1.807, 2.05) is 20.8 Å². The summed E-state index contributed by atoms with van der Waals surface area (Å²) in [6.07, 6.45) is 3.09. The van der Waals surface area contributed by atoms with Crippen molar-refractivity contribution < 1.29 is 24.2 Å². The number of nitrogens with zero attached hydrogens (tertiary/aromatic N) is 1. The predicted octanol–water partition coefficient (Wildman–Crippen LogP) is 4.30. The number of carbonyl (C=O) groups is 3. The Labute approximate surface area is 203 Å². The van der Waals surface area contributed by atoms with E-state index in [1.54, 1.807) is 39.0 Å². The van der Waals surface area contributed by atoms with E-state index in [1.165, 1.54) is 17.0 Å². The lowest BCUT2D eigenvalue weighted by Gasteiger charge is -2.35. The van der Waals surface area contributed by atoms with Crippen molar-refractivity contribution in [2.75, 3.05) is 13.1 Å². The minimum Gasteiger partial charge on any atom is -0.508 e. The van der Waals surface area contributed by atoms with Crippen molar-refractivity contribution in [3.63, 3.8) is 0 Å². The van der Waals surface area contributed by atoms with Crippen molar-refractivity contribution in [3.05, 3.63) is 42.5 Å². The molecular formula is C26H41N3O5. The van der Waals surface area contributed by atoms with Crippen LogP contribution in [0.4, 0.5) is 4.79 Å². The highest BCUT2D eigenvalue weighted by atomic mass is 16.6. The number of hydrogen-bond donors (Lipinski definition) is 3. The molecule has 0 heterocycles. The summed E-state index contributed by atoms with van der Waals surface area (Å²) in [6, 6.07) is 4.40. The van der Waals surface area contributed by atoms with Crippen molar-refractivity contribution in [1.82, 2.24) is 15.5 Å². The van der Waals surface area contributed by atoms with Crippen LogP contribution in [0.25, 0.3) is 0 Å². The molecule has 0 radical (unpaired) electrons. The number of amides is 3. The molecule has 3 atom stereocenters. The molecule has 8 nitrogen and oxygen atoms in total. The normalized spacial score (nSPS) is 13.8. The van der Waals surface area contributed by atoms with Crippen LogP contribution in [-0.4, -0.2) is 52.6 Å². The standard InChI is InChI=1S/C26H41N3O5/c1-8-11-16-27-23(31)22(19-14-12-13-15-20(19)30)29(17-9-2)24(32)21(18(4)10-3)28-25(33)34-26(5,6)7/h9,12-15,18,21-22,30H,2,8,10-11,16-17H2,1,3-7H3,(H,27,31)(H,28,33). The average Bonchev–Trinajstić information content (AvgIpc) is 2.76. The third-order valence-electron chi connectivity index (χ3n) is 5.38. The van der Waals surface area contributed by atoms with Crippen LogP contribution in [-0.2, 0) is 14.3 Å². The molecule has 1 aromatic rings. The van der Waals surface area contributed by atoms with E-state index in [9.17, 15) is 19.5 Å². The number of carbonyl (C=O) groups excluding carboxylic acids is 3. The first-order valence-electron chi connectivity index (χ1n) is 11.9. The minimum atomic E-state index is -1.10. The topological polar surface area (TPSA) is 108 Å². The SMILES string of the molecule is C=CCN(C(=O)C(NC(=O)OC(C)(C)C)C(C)CC)C(C(=O)NCCCC)c1ccccc1O. The van der Waals surface area contributed by atoms with Crippen molar-refractivity contribution in [2.45, 2.75) is 78.5 Å². The third-order valence-corrected chi connectivity index (χ3v) is 5.38. The van der Waals surface area contributed by atoms with Gasteiger partial charge < -0.3 is 25.4 Å². The van der Waals surface area contributed by atoms with Crippen LogP contribution in [0.3, 0.4) is 0 Å². The predicted molar refractivity (Wildman–Crippen MR) is 133 cm³/mol. The van der Waals surface area contributed by atoms with E-state index >= 15 is 0 Å². The van der Waals surface area contributed by atoms with Crippen LogP contribution < -0.4 is 10.6 Å². The number of hydrogen-bond acceptors (Lipinski definition) is 5. The molecule has 8 heteroatoms. The maximum Gasteiger partial charge on any atom is 0.408 e. The van der Waals surface area contributed by atoms with E-state index in [4.69, 9.17) is 4.74 Å². The number of phenols is 1. The second-order valence-corrected chi connectivity index (χ2v) is 9.39. The molecular weight excluding hydrogens is 434 g/mol. The van der Waals surface area contributed by atoms with E-state index < -0.39 is 35.6 Å². The maximum atomic E-state index is 13.8. The average molecular weight is 476 g/mol. The summed E-state index contributed by atoms with van der Waals surface area (Å²) in [5, 5.41) is 16.1. The molecule has 0 aliphatic heterocycles. The quantitative estimate of drug-likeness (QED) is 0.308. The van der Waals surface area contributed by atoms with Gasteiger partial charge in [0.15, 0.2) is 0 Å². The number of unbranched alkanes of at least 4 members (excludes halogenated alkanes) is 1. The highest BCUT2D eigenvalue weighted by molar-refractivity contribution is 5.92. The molecule has 3 unspecified atom stereocenters. The van der Waals surface area contributed by atoms with Crippen LogP contribution in [0, 0.1) is 5.92 Å². The summed E-state index contributed by atoms with van der Waals surface area (Å²) >= 11 is 0. The minimum absolute atomic E-state index is 0.0436. The van der Waals surface area contributed by atoms with Gasteiger partial charge in [-0.1, -0.05) is 57.9 Å². The Balaban J connectivity index is 3.43. The van der Waals surface area contributed by atoms with Gasteiger partial charge in [-0.15, -0.1) is 6.58 Å². The Kier molecular flexibility index (Phi) is 11.6. The van der Waals surface area contributed by atoms with Crippen LogP contribution in [0.15, 0.2) is 36.9 Å². The molecule has 0 spiro atoms. The summed E-state index contributed by atoms with van der Waals surface area (Å²) < 4.78 is 5.37. The Hall–Kier alpha value is -3.03. The number of alkyl carbamates (subject to hydrolysis) is 1. The van der Waals surface area contributed by atoms with E-state index in [0.717, 1.165) is 12.8 Å². The van der Waals surface area contributed by atoms with Gasteiger partial charge in [-0.3, -0.25) is 9.59 Å². The number of aromatic hydroxyl groups is 1. The van der Waals surface area contributed by atoms with Gasteiger partial charge in [-0.25, -0.2) is 4.79 Å². The second kappa shape index (κ2) is 13.6. The molecule has 34 heavy (non-hydrogen) atoms. The summed E-state index contributed by atoms with van der Waals surface area (Å²) in [7, 11) is 0. The van der Waals surface area contributed by atoms with Gasteiger partial charge in [0.2, 0.25) is 11.8 Å². The zero-order valence-electron chi connectivity index (χ0n) is 21.4. The summed E-state index contributed by atoms with van der Waals surface area (Å²) in [5.74, 6) is -1.20. The monoisotopic (exact) mass is 475 g/mol. The number of benzene rings is 1. The molecule has 0 fully saturated rings. The Morgan fingerprint density at radius 2 is 1.85 bits per heavy atom. The highest BCUT2D eigenvalue weighted by Gasteiger charge is 2.38. The zero-order valence-corrected chi connectivity index (χ0v) is 21.4. The van der Waals surface area contributed by atoms with Crippen LogP contribution >= 0.6 is 0 Å². The van der Waals surface area contributed by atoms with Gasteiger partial charge in [-0.05, 0) is 39.2 Å². The molecule has 0 aliphatic carbocycles. The van der Waals surface area contributed by atoms with Gasteiger partial charge in [0.1, 0.15) is 23.4 Å². The highest BCUT2D eigenvalue weighted by Crippen LogP contribution is 2.30. The van der Waals surface area contributed by atoms with E-state index in [2.05, 4.69) is 17.2 Å².